The third-order valence-electron chi connectivity index (χ3n) is 1.55. The van der Waals surface area contributed by atoms with Crippen molar-refractivity contribution >= 4 is 0 Å². The summed E-state index contributed by atoms with van der Waals surface area (Å²) in [5, 5.41) is 9.12. The molecule has 0 radical (unpaired) electrons. The van der Waals surface area contributed by atoms with Gasteiger partial charge in [0.2, 0.25) is 0 Å². The van der Waals surface area contributed by atoms with Crippen molar-refractivity contribution in [2.75, 3.05) is 13.7 Å². The molecule has 1 atom stereocenters. The summed E-state index contributed by atoms with van der Waals surface area (Å²) in [4.78, 5) is 0. The average molecular weight is 147 g/mol. The van der Waals surface area contributed by atoms with Crippen molar-refractivity contribution in [3.05, 3.63) is 0 Å². The van der Waals surface area contributed by atoms with Crippen LogP contribution in [0.25, 0.3) is 0 Å². The van der Waals surface area contributed by atoms with Crippen LogP contribution in [0.15, 0.2) is 0 Å². The van der Waals surface area contributed by atoms with E-state index in [-0.39, 0.29) is 5.60 Å². The second kappa shape index (κ2) is 3.91. The average Bonchev–Trinajstić information content (AvgIpc) is 1.87. The normalized spacial score (nSPS) is 15.3. The SMILES string of the molecule is COC(C)(C)C[C@@H](O)CN. The fourth-order valence-electron chi connectivity index (χ4n) is 0.734. The van der Waals surface area contributed by atoms with Gasteiger partial charge in [0, 0.05) is 20.1 Å². The molecule has 0 unspecified atom stereocenters. The molecule has 0 heterocycles. The van der Waals surface area contributed by atoms with Gasteiger partial charge in [-0.05, 0) is 13.8 Å². The third kappa shape index (κ3) is 3.82. The van der Waals surface area contributed by atoms with E-state index >= 15 is 0 Å². The number of aliphatic hydroxyl groups excluding tert-OH is 1. The molecule has 3 heteroatoms. The molecule has 0 bridgehead atoms. The van der Waals surface area contributed by atoms with Crippen LogP contribution < -0.4 is 5.73 Å². The van der Waals surface area contributed by atoms with Crippen molar-refractivity contribution < 1.29 is 9.84 Å². The first-order valence-electron chi connectivity index (χ1n) is 3.45. The van der Waals surface area contributed by atoms with Gasteiger partial charge in [0.15, 0.2) is 0 Å². The number of hydrogen-bond acceptors (Lipinski definition) is 3. The minimum atomic E-state index is -0.449. The van der Waals surface area contributed by atoms with Crippen molar-refractivity contribution in [3.8, 4) is 0 Å². The topological polar surface area (TPSA) is 55.5 Å². The summed E-state index contributed by atoms with van der Waals surface area (Å²) in [7, 11) is 1.63. The van der Waals surface area contributed by atoms with E-state index in [1.54, 1.807) is 7.11 Å². The first-order valence-corrected chi connectivity index (χ1v) is 3.45. The van der Waals surface area contributed by atoms with Gasteiger partial charge in [-0.1, -0.05) is 0 Å². The lowest BCUT2D eigenvalue weighted by Gasteiger charge is -2.24. The zero-order valence-corrected chi connectivity index (χ0v) is 6.92. The van der Waals surface area contributed by atoms with Gasteiger partial charge >= 0.3 is 0 Å². The molecule has 0 aromatic heterocycles. The lowest BCUT2D eigenvalue weighted by Crippen LogP contribution is -2.32. The highest BCUT2D eigenvalue weighted by Gasteiger charge is 2.19. The Morgan fingerprint density at radius 1 is 1.60 bits per heavy atom. The summed E-state index contributed by atoms with van der Waals surface area (Å²) in [6, 6.07) is 0. The van der Waals surface area contributed by atoms with Crippen LogP contribution in [0.2, 0.25) is 0 Å². The zero-order chi connectivity index (χ0) is 8.20. The van der Waals surface area contributed by atoms with Crippen LogP contribution in [0.3, 0.4) is 0 Å². The molecule has 0 aliphatic rings. The molecule has 0 amide bonds. The third-order valence-corrected chi connectivity index (χ3v) is 1.55. The molecule has 0 aliphatic heterocycles. The van der Waals surface area contributed by atoms with Crippen molar-refractivity contribution in [1.29, 1.82) is 0 Å². The van der Waals surface area contributed by atoms with Gasteiger partial charge in [-0.2, -0.15) is 0 Å². The molecule has 3 nitrogen and oxygen atoms in total. The number of ether oxygens (including phenoxy) is 1. The molecule has 0 aliphatic carbocycles. The van der Waals surface area contributed by atoms with E-state index in [0.29, 0.717) is 13.0 Å². The molecule has 0 saturated carbocycles. The van der Waals surface area contributed by atoms with E-state index in [9.17, 15) is 0 Å². The van der Waals surface area contributed by atoms with Crippen LogP contribution in [0.1, 0.15) is 20.3 Å². The Morgan fingerprint density at radius 2 is 2.10 bits per heavy atom. The quantitative estimate of drug-likeness (QED) is 0.594. The highest BCUT2D eigenvalue weighted by atomic mass is 16.5. The monoisotopic (exact) mass is 147 g/mol. The summed E-state index contributed by atoms with van der Waals surface area (Å²) >= 11 is 0. The molecule has 0 aromatic rings. The van der Waals surface area contributed by atoms with Gasteiger partial charge in [0.25, 0.3) is 0 Å². The second-order valence-electron chi connectivity index (χ2n) is 3.06. The van der Waals surface area contributed by atoms with E-state index in [4.69, 9.17) is 15.6 Å². The molecule has 0 saturated heterocycles. The van der Waals surface area contributed by atoms with Gasteiger partial charge in [-0.3, -0.25) is 0 Å². The highest BCUT2D eigenvalue weighted by Crippen LogP contribution is 2.14. The van der Waals surface area contributed by atoms with Gasteiger partial charge < -0.3 is 15.6 Å². The van der Waals surface area contributed by atoms with E-state index < -0.39 is 6.10 Å². The van der Waals surface area contributed by atoms with Gasteiger partial charge in [-0.15, -0.1) is 0 Å². The number of rotatable bonds is 4. The Balaban J connectivity index is 3.64. The molecule has 3 N–H and O–H groups in total. The molecule has 62 valence electrons. The van der Waals surface area contributed by atoms with Gasteiger partial charge in [0.1, 0.15) is 0 Å². The number of nitrogens with two attached hydrogens (primary N) is 1. The largest absolute Gasteiger partial charge is 0.392 e. The second-order valence-corrected chi connectivity index (χ2v) is 3.06. The molecule has 10 heavy (non-hydrogen) atoms. The molecule has 0 aromatic carbocycles. The summed E-state index contributed by atoms with van der Waals surface area (Å²) < 4.78 is 5.09. The first kappa shape index (κ1) is 9.88. The predicted molar refractivity (Wildman–Crippen MR) is 40.8 cm³/mol. The van der Waals surface area contributed by atoms with Crippen LogP contribution in [0.5, 0.6) is 0 Å². The molecular weight excluding hydrogens is 130 g/mol. The van der Waals surface area contributed by atoms with Crippen molar-refractivity contribution in [2.24, 2.45) is 5.73 Å². The number of hydrogen-bond donors (Lipinski definition) is 2. The number of methoxy groups -OCH3 is 1. The van der Waals surface area contributed by atoms with E-state index in [1.807, 2.05) is 13.8 Å². The predicted octanol–water partition coefficient (Wildman–Crippen LogP) is 0.121. The summed E-state index contributed by atoms with van der Waals surface area (Å²) in [5.41, 5.74) is 4.96. The van der Waals surface area contributed by atoms with Gasteiger partial charge in [-0.25, -0.2) is 0 Å². The molecule has 0 spiro atoms. The minimum Gasteiger partial charge on any atom is -0.392 e. The Labute approximate surface area is 62.2 Å². The Bertz CT molecular complexity index is 93.6. The summed E-state index contributed by atoms with van der Waals surface area (Å²) in [5.74, 6) is 0. The lowest BCUT2D eigenvalue weighted by molar-refractivity contribution is -0.0172. The first-order chi connectivity index (χ1) is 4.52. The van der Waals surface area contributed by atoms with Crippen molar-refractivity contribution in [3.63, 3.8) is 0 Å². The standard InChI is InChI=1S/C7H17NO2/c1-7(2,10-3)4-6(9)5-8/h6,9H,4-5,8H2,1-3H3/t6-/m1/s1. The maximum atomic E-state index is 9.12. The Kier molecular flexibility index (Phi) is 3.86. The molecule has 0 rings (SSSR count). The lowest BCUT2D eigenvalue weighted by atomic mass is 10.0. The van der Waals surface area contributed by atoms with Crippen LogP contribution in [-0.2, 0) is 4.74 Å². The van der Waals surface area contributed by atoms with Crippen LogP contribution >= 0.6 is 0 Å². The van der Waals surface area contributed by atoms with E-state index in [1.165, 1.54) is 0 Å². The number of aliphatic hydroxyl groups is 1. The van der Waals surface area contributed by atoms with Crippen LogP contribution in [-0.4, -0.2) is 30.5 Å². The molecule has 0 fully saturated rings. The van der Waals surface area contributed by atoms with E-state index in [0.717, 1.165) is 0 Å². The maximum absolute atomic E-state index is 9.12. The fourth-order valence-corrected chi connectivity index (χ4v) is 0.734. The Hall–Kier alpha value is -0.120. The summed E-state index contributed by atoms with van der Waals surface area (Å²) in [6.45, 7) is 4.14. The minimum absolute atomic E-state index is 0.265. The van der Waals surface area contributed by atoms with Crippen molar-refractivity contribution in [2.45, 2.75) is 32.0 Å². The van der Waals surface area contributed by atoms with Crippen LogP contribution in [0, 0.1) is 0 Å². The van der Waals surface area contributed by atoms with Gasteiger partial charge in [0.05, 0.1) is 11.7 Å². The highest BCUT2D eigenvalue weighted by molar-refractivity contribution is 4.73. The zero-order valence-electron chi connectivity index (χ0n) is 6.92. The Morgan fingerprint density at radius 3 is 2.40 bits per heavy atom. The smallest absolute Gasteiger partial charge is 0.0689 e. The van der Waals surface area contributed by atoms with Crippen LogP contribution in [0.4, 0.5) is 0 Å². The maximum Gasteiger partial charge on any atom is 0.0689 e. The summed E-state index contributed by atoms with van der Waals surface area (Å²) in [6.07, 6.45) is 0.134. The molecular formula is C7H17NO2. The van der Waals surface area contributed by atoms with Crippen molar-refractivity contribution in [1.82, 2.24) is 0 Å². The van der Waals surface area contributed by atoms with E-state index in [2.05, 4.69) is 0 Å². The fraction of sp³-hybridized carbons (Fsp3) is 1.00.